The highest BCUT2D eigenvalue weighted by Crippen LogP contribution is 2.26. The van der Waals surface area contributed by atoms with Gasteiger partial charge in [-0.15, -0.1) is 0 Å². The molecule has 0 saturated carbocycles. The number of rotatable bonds is 8. The minimum atomic E-state index is -2.03. The third-order valence-corrected chi connectivity index (χ3v) is 6.43. The predicted octanol–water partition coefficient (Wildman–Crippen LogP) is -3.29. The number of hydrogen-bond acceptors (Lipinski definition) is 10. The van der Waals surface area contributed by atoms with Gasteiger partial charge in [0.15, 0.2) is 0 Å². The summed E-state index contributed by atoms with van der Waals surface area (Å²) in [7, 11) is -3.22. The van der Waals surface area contributed by atoms with Crippen LogP contribution in [0.1, 0.15) is 32.7 Å². The third kappa shape index (κ3) is 5.91. The molecule has 0 aliphatic carbocycles. The number of nitrogens with zero attached hydrogens (tertiary/aromatic N) is 2. The van der Waals surface area contributed by atoms with Gasteiger partial charge >= 0.3 is 20.2 Å². The molecule has 17 heteroatoms. The molecular formula is C22H22B2N4O11. The summed E-state index contributed by atoms with van der Waals surface area (Å²) in [6.45, 7) is -0.832. The molecule has 0 bridgehead atoms. The Labute approximate surface area is 220 Å². The third-order valence-electron chi connectivity index (χ3n) is 6.43. The molecule has 2 aromatic rings. The Morgan fingerprint density at radius 3 is 2.59 bits per heavy atom. The molecule has 202 valence electrons. The first-order valence-electron chi connectivity index (χ1n) is 11.6. The number of carbonyl (C=O) groups is 4. The predicted molar refractivity (Wildman–Crippen MR) is 133 cm³/mol. The van der Waals surface area contributed by atoms with Crippen LogP contribution in [0.15, 0.2) is 36.4 Å². The van der Waals surface area contributed by atoms with Crippen molar-refractivity contribution >= 4 is 54.5 Å². The number of carboxylic acids is 1. The molecule has 0 spiro atoms. The number of likely N-dealkylation sites (tertiary alicyclic amines) is 1. The van der Waals surface area contributed by atoms with Crippen molar-refractivity contribution in [3.63, 3.8) is 0 Å². The largest absolute Gasteiger partial charge is 0.491 e. The lowest BCUT2D eigenvalue weighted by molar-refractivity contribution is -0.385. The maximum Gasteiger partial charge on any atom is 0.491 e. The molecule has 0 aromatic heterocycles. The summed E-state index contributed by atoms with van der Waals surface area (Å²) >= 11 is 0. The van der Waals surface area contributed by atoms with Gasteiger partial charge in [0, 0.05) is 24.2 Å². The first-order chi connectivity index (χ1) is 18.5. The van der Waals surface area contributed by atoms with E-state index < -0.39 is 72.7 Å². The van der Waals surface area contributed by atoms with E-state index >= 15 is 0 Å². The summed E-state index contributed by atoms with van der Waals surface area (Å²) in [6, 6.07) is 5.36. The number of benzene rings is 2. The molecule has 2 atom stereocenters. The summed E-state index contributed by atoms with van der Waals surface area (Å²) < 4.78 is 5.12. The van der Waals surface area contributed by atoms with Gasteiger partial charge in [0.25, 0.3) is 17.5 Å². The second kappa shape index (κ2) is 11.2. The number of amides is 3. The van der Waals surface area contributed by atoms with E-state index in [2.05, 4.69) is 10.6 Å². The molecule has 2 aromatic carbocycles. The van der Waals surface area contributed by atoms with Gasteiger partial charge in [-0.25, -0.2) is 0 Å². The van der Waals surface area contributed by atoms with Crippen molar-refractivity contribution < 1.29 is 48.9 Å². The van der Waals surface area contributed by atoms with E-state index in [1.807, 2.05) is 0 Å². The number of aliphatic carboxylic acids is 1. The van der Waals surface area contributed by atoms with Crippen LogP contribution in [-0.4, -0.2) is 93.1 Å². The fourth-order valence-corrected chi connectivity index (χ4v) is 4.52. The molecule has 3 amide bonds. The van der Waals surface area contributed by atoms with Crippen molar-refractivity contribution in [3.8, 4) is 0 Å². The van der Waals surface area contributed by atoms with E-state index in [-0.39, 0.29) is 30.6 Å². The van der Waals surface area contributed by atoms with Crippen molar-refractivity contribution in [2.75, 3.05) is 13.1 Å². The Morgan fingerprint density at radius 2 is 1.92 bits per heavy atom. The van der Waals surface area contributed by atoms with Crippen LogP contribution in [-0.2, 0) is 20.9 Å². The quantitative estimate of drug-likeness (QED) is 0.110. The van der Waals surface area contributed by atoms with Gasteiger partial charge in [0.05, 0.1) is 11.5 Å². The van der Waals surface area contributed by atoms with Gasteiger partial charge in [-0.05, 0) is 41.1 Å². The van der Waals surface area contributed by atoms with E-state index in [9.17, 15) is 44.4 Å². The molecule has 1 saturated heterocycles. The monoisotopic (exact) mass is 540 g/mol. The normalized spacial score (nSPS) is 17.9. The Morgan fingerprint density at radius 1 is 1.18 bits per heavy atom. The maximum absolute atomic E-state index is 13.5. The first kappa shape index (κ1) is 27.7. The van der Waals surface area contributed by atoms with Gasteiger partial charge in [0.1, 0.15) is 18.2 Å². The lowest BCUT2D eigenvalue weighted by Gasteiger charge is -2.23. The van der Waals surface area contributed by atoms with Crippen LogP contribution < -0.4 is 21.6 Å². The number of nitro groups is 1. The highest BCUT2D eigenvalue weighted by molar-refractivity contribution is 6.61. The van der Waals surface area contributed by atoms with Crippen LogP contribution in [0, 0.1) is 10.1 Å². The van der Waals surface area contributed by atoms with Crippen LogP contribution >= 0.6 is 0 Å². The zero-order valence-electron chi connectivity index (χ0n) is 20.1. The fourth-order valence-electron chi connectivity index (χ4n) is 4.52. The maximum atomic E-state index is 13.5. The number of nitro benzene ring substituents is 1. The Hall–Kier alpha value is -4.31. The number of hydrogen-bond donors (Lipinski definition) is 6. The summed E-state index contributed by atoms with van der Waals surface area (Å²) in [5, 5.41) is 54.2. The van der Waals surface area contributed by atoms with E-state index in [4.69, 9.17) is 9.76 Å². The first-order valence-corrected chi connectivity index (χ1v) is 11.6. The van der Waals surface area contributed by atoms with Crippen LogP contribution in [0.3, 0.4) is 0 Å². The topological polar surface area (TPSA) is 229 Å². The van der Waals surface area contributed by atoms with Gasteiger partial charge < -0.3 is 40.4 Å². The molecule has 0 radical (unpaired) electrons. The van der Waals surface area contributed by atoms with E-state index in [0.717, 1.165) is 23.1 Å². The van der Waals surface area contributed by atoms with Crippen molar-refractivity contribution in [2.24, 2.45) is 0 Å². The van der Waals surface area contributed by atoms with Crippen LogP contribution in [0.25, 0.3) is 0 Å². The average molecular weight is 540 g/mol. The zero-order valence-corrected chi connectivity index (χ0v) is 20.1. The minimum absolute atomic E-state index is 0.143. The second-order valence-corrected chi connectivity index (χ2v) is 8.98. The summed E-state index contributed by atoms with van der Waals surface area (Å²) in [6.07, 6.45) is -0.143. The lowest BCUT2D eigenvalue weighted by atomic mass is 9.79. The van der Waals surface area contributed by atoms with E-state index in [0.29, 0.717) is 11.0 Å². The van der Waals surface area contributed by atoms with Crippen LogP contribution in [0.2, 0.25) is 0 Å². The molecular weight excluding hydrogens is 518 g/mol. The molecule has 1 fully saturated rings. The molecule has 15 nitrogen and oxygen atoms in total. The Kier molecular flexibility index (Phi) is 7.96. The molecule has 39 heavy (non-hydrogen) atoms. The standard InChI is InChI=1S/C22H22B2N4O11/c29-19(30)8-25-21(32)18-7-14(26-20(31)11-1-2-12-10-39-24(36)16(12)5-11)9-27(18)22(33)15-6-13(23(34)35)3-4-17(15)28(37)38/h1-6,14,18,34-36H,7-10H2,(H,25,32)(H,26,31)(H,29,30)/t14-,18-/m0/s1. The van der Waals surface area contributed by atoms with Gasteiger partial charge in [-0.2, -0.15) is 0 Å². The summed E-state index contributed by atoms with van der Waals surface area (Å²) in [4.78, 5) is 61.9. The van der Waals surface area contributed by atoms with E-state index in [1.165, 1.54) is 12.1 Å². The minimum Gasteiger partial charge on any atom is -0.480 e. The number of fused-ring (bicyclic) bond motifs is 1. The summed E-state index contributed by atoms with van der Waals surface area (Å²) in [5.74, 6) is -3.79. The second-order valence-electron chi connectivity index (χ2n) is 8.98. The van der Waals surface area contributed by atoms with Crippen molar-refractivity contribution in [2.45, 2.75) is 25.1 Å². The van der Waals surface area contributed by atoms with Crippen molar-refractivity contribution in [1.29, 1.82) is 0 Å². The van der Waals surface area contributed by atoms with Crippen molar-refractivity contribution in [1.82, 2.24) is 15.5 Å². The average Bonchev–Trinajstić information content (AvgIpc) is 3.49. The Balaban J connectivity index is 1.60. The lowest BCUT2D eigenvalue weighted by Crippen LogP contribution is -2.47. The number of carbonyl (C=O) groups excluding carboxylic acids is 3. The van der Waals surface area contributed by atoms with Gasteiger partial charge in [-0.1, -0.05) is 12.1 Å². The highest BCUT2D eigenvalue weighted by Gasteiger charge is 2.42. The molecule has 2 heterocycles. The number of carboxylic acid groups (broad SMARTS) is 1. The molecule has 2 aliphatic heterocycles. The molecule has 4 rings (SSSR count). The van der Waals surface area contributed by atoms with E-state index in [1.54, 1.807) is 6.07 Å². The Bertz CT molecular complexity index is 1360. The fraction of sp³-hybridized carbons (Fsp3) is 0.273. The molecule has 0 unspecified atom stereocenters. The summed E-state index contributed by atoms with van der Waals surface area (Å²) in [5.41, 5.74) is -0.0710. The zero-order chi connectivity index (χ0) is 28.4. The molecule has 2 aliphatic rings. The van der Waals surface area contributed by atoms with Crippen molar-refractivity contribution in [3.05, 3.63) is 63.2 Å². The van der Waals surface area contributed by atoms with Gasteiger partial charge in [0.2, 0.25) is 5.91 Å². The van der Waals surface area contributed by atoms with Crippen LogP contribution in [0.5, 0.6) is 0 Å². The highest BCUT2D eigenvalue weighted by atomic mass is 16.6. The SMILES string of the molecule is O=C(O)CNC(=O)[C@@H]1C[C@H](NC(=O)c2ccc3c(c2)B(O)OC3)CN1C(=O)c1cc(B(O)O)ccc1[N+](=O)[O-]. The van der Waals surface area contributed by atoms with Gasteiger partial charge in [-0.3, -0.25) is 29.3 Å². The number of nitrogens with one attached hydrogen (secondary N) is 2. The van der Waals surface area contributed by atoms with Crippen LogP contribution in [0.4, 0.5) is 5.69 Å². The molecule has 6 N–H and O–H groups in total. The smallest absolute Gasteiger partial charge is 0.480 e.